The summed E-state index contributed by atoms with van der Waals surface area (Å²) < 4.78 is 46.1. The van der Waals surface area contributed by atoms with Gasteiger partial charge in [-0.2, -0.15) is 0 Å². The second kappa shape index (κ2) is 17.2. The van der Waals surface area contributed by atoms with E-state index < -0.39 is 18.6 Å². The zero-order valence-electron chi connectivity index (χ0n) is 14.0. The molecule has 0 N–H and O–H groups in total. The fourth-order valence-electron chi connectivity index (χ4n) is 1.30. The fourth-order valence-corrected chi connectivity index (χ4v) is 2.79. The molecule has 0 atom stereocenters. The fraction of sp³-hybridized carbons (Fsp3) is 0.267. The maximum Gasteiger partial charge on any atom is 1.00 e. The Bertz CT molecular complexity index is 511. The van der Waals surface area contributed by atoms with Crippen molar-refractivity contribution >= 4 is 29.6 Å². The molecule has 0 saturated carbocycles. The van der Waals surface area contributed by atoms with Gasteiger partial charge in [0.15, 0.2) is 0 Å². The normalized spacial score (nSPS) is 10.0. The Balaban J connectivity index is 0. The van der Waals surface area contributed by atoms with Crippen molar-refractivity contribution in [1.29, 1.82) is 0 Å². The van der Waals surface area contributed by atoms with Crippen LogP contribution in [0.5, 0.6) is 0 Å². The molecular weight excluding hydrogens is 633 g/mol. The van der Waals surface area contributed by atoms with Crippen molar-refractivity contribution in [2.45, 2.75) is 13.8 Å². The molecule has 0 bridgehead atoms. The van der Waals surface area contributed by atoms with Crippen LogP contribution in [0.25, 0.3) is 0 Å². The molecular formula is C15H19AuBrClNO6P. The first kappa shape index (κ1) is 28.3. The second-order valence-corrected chi connectivity index (χ2v) is 7.19. The van der Waals surface area contributed by atoms with Gasteiger partial charge >= 0.3 is 22.4 Å². The predicted octanol–water partition coefficient (Wildman–Crippen LogP) is -0.218. The van der Waals surface area contributed by atoms with E-state index in [1.54, 1.807) is 12.4 Å². The van der Waals surface area contributed by atoms with Crippen LogP contribution in [0, 0.1) is 10.2 Å². The molecule has 11 heteroatoms. The van der Waals surface area contributed by atoms with Crippen LogP contribution in [0.2, 0.25) is 0 Å². The molecule has 0 radical (unpaired) electrons. The van der Waals surface area contributed by atoms with Crippen molar-refractivity contribution in [3.8, 4) is 0 Å². The third-order valence-corrected chi connectivity index (χ3v) is 4.33. The molecule has 0 fully saturated rings. The summed E-state index contributed by atoms with van der Waals surface area (Å²) >= 11 is 3.40. The third-order valence-electron chi connectivity index (χ3n) is 2.10. The molecule has 1 aromatic carbocycles. The van der Waals surface area contributed by atoms with Crippen LogP contribution in [0.4, 0.5) is 0 Å². The van der Waals surface area contributed by atoms with E-state index in [0.717, 1.165) is 9.78 Å². The minimum absolute atomic E-state index is 0. The van der Waals surface area contributed by atoms with Crippen molar-refractivity contribution in [3.63, 3.8) is 0 Å². The van der Waals surface area contributed by atoms with Crippen LogP contribution in [-0.4, -0.2) is 18.2 Å². The molecule has 7 nitrogen and oxygen atoms in total. The molecule has 0 unspecified atom stereocenters. The van der Waals surface area contributed by atoms with E-state index in [4.69, 9.17) is 27.7 Å². The molecule has 0 saturated heterocycles. The summed E-state index contributed by atoms with van der Waals surface area (Å²) in [5.74, 6) is 0. The van der Waals surface area contributed by atoms with E-state index in [9.17, 15) is 0 Å². The van der Waals surface area contributed by atoms with Crippen LogP contribution in [0.15, 0.2) is 59.3 Å². The molecule has 0 amide bonds. The average Bonchev–Trinajstić information content (AvgIpc) is 2.56. The van der Waals surface area contributed by atoms with Crippen LogP contribution in [-0.2, 0) is 31.4 Å². The number of aromatic nitrogens is 1. The molecule has 0 aliphatic rings. The number of pyridine rings is 1. The molecule has 1 heterocycles. The topological polar surface area (TPSA) is 124 Å². The maximum absolute atomic E-state index is 8.49. The first-order chi connectivity index (χ1) is 11.8. The molecule has 2 aromatic rings. The molecule has 26 heavy (non-hydrogen) atoms. The van der Waals surface area contributed by atoms with Crippen molar-refractivity contribution in [1.82, 2.24) is 4.98 Å². The summed E-state index contributed by atoms with van der Waals surface area (Å²) in [5, 5.41) is 1.12. The van der Waals surface area contributed by atoms with Gasteiger partial charge < -0.3 is 9.05 Å². The van der Waals surface area contributed by atoms with Gasteiger partial charge in [0.2, 0.25) is 8.38 Å². The van der Waals surface area contributed by atoms with E-state index >= 15 is 0 Å². The third kappa shape index (κ3) is 18.8. The number of rotatable bonds is 5. The Morgan fingerprint density at radius 1 is 0.923 bits per heavy atom. The van der Waals surface area contributed by atoms with Crippen LogP contribution < -0.4 is 23.9 Å². The summed E-state index contributed by atoms with van der Waals surface area (Å²) in [6, 6.07) is 13.8. The average molecular weight is 653 g/mol. The first-order valence-corrected chi connectivity index (χ1v) is 10.3. The molecule has 0 spiro atoms. The molecule has 150 valence electrons. The van der Waals surface area contributed by atoms with Gasteiger partial charge in [-0.25, -0.2) is 18.6 Å². The van der Waals surface area contributed by atoms with E-state index in [1.165, 1.54) is 0 Å². The number of benzene rings is 1. The summed E-state index contributed by atoms with van der Waals surface area (Å²) in [6.45, 7) is 5.32. The standard InChI is InChI=1S/C10H14BrO2P.C5H5N.Au.ClHO4/c1-3-12-14(13-4-2)10-7-5-9(11)6-8-10;1-2-4-6-5-3-1;;2-1(3,4)5/h5-8H,3-4H2,1-2H3;1-5H;;(H,2,3,4,5)/q;;+1;/p-1. The molecule has 0 aliphatic heterocycles. The summed E-state index contributed by atoms with van der Waals surface area (Å²) in [7, 11) is -5.83. The second-order valence-electron chi connectivity index (χ2n) is 3.97. The Morgan fingerprint density at radius 2 is 1.35 bits per heavy atom. The Hall–Kier alpha value is 0.0703. The summed E-state index contributed by atoms with van der Waals surface area (Å²) in [4.78, 5) is 3.78. The quantitative estimate of drug-likeness (QED) is 0.324. The monoisotopic (exact) mass is 651 g/mol. The number of nitrogens with zero attached hydrogens (tertiary/aromatic N) is 1. The van der Waals surface area contributed by atoms with E-state index in [1.807, 2.05) is 56.3 Å². The van der Waals surface area contributed by atoms with Crippen molar-refractivity contribution in [2.24, 2.45) is 0 Å². The van der Waals surface area contributed by atoms with E-state index in [-0.39, 0.29) is 22.4 Å². The number of halogens is 2. The summed E-state index contributed by atoms with van der Waals surface area (Å²) in [5.41, 5.74) is 0. The SMILES string of the molecule is CCOP(OCC)c1ccc(Br)cc1.[Au+].[O-][Cl+3]([O-])([O-])[O-].c1ccncc1. The molecule has 0 aliphatic carbocycles. The van der Waals surface area contributed by atoms with Gasteiger partial charge in [-0.1, -0.05) is 22.0 Å². The Labute approximate surface area is 180 Å². The van der Waals surface area contributed by atoms with Crippen LogP contribution in [0.3, 0.4) is 0 Å². The van der Waals surface area contributed by atoms with Crippen molar-refractivity contribution < 1.29 is 60.3 Å². The van der Waals surface area contributed by atoms with Crippen molar-refractivity contribution in [3.05, 3.63) is 59.3 Å². The van der Waals surface area contributed by atoms with E-state index in [2.05, 4.69) is 20.9 Å². The van der Waals surface area contributed by atoms with Gasteiger partial charge in [-0.3, -0.25) is 4.98 Å². The van der Waals surface area contributed by atoms with Gasteiger partial charge in [-0.05, 0) is 50.2 Å². The zero-order chi connectivity index (χ0) is 19.1. The first-order valence-electron chi connectivity index (χ1n) is 7.06. The zero-order valence-corrected chi connectivity index (χ0v) is 19.4. The van der Waals surface area contributed by atoms with Crippen LogP contribution in [0.1, 0.15) is 13.8 Å². The Kier molecular flexibility index (Phi) is 18.7. The Morgan fingerprint density at radius 3 is 1.62 bits per heavy atom. The van der Waals surface area contributed by atoms with Gasteiger partial charge in [0.1, 0.15) is 0 Å². The maximum atomic E-state index is 8.49. The molecule has 2 rings (SSSR count). The van der Waals surface area contributed by atoms with Gasteiger partial charge in [0.05, 0.1) is 13.2 Å². The van der Waals surface area contributed by atoms with Crippen molar-refractivity contribution in [2.75, 3.05) is 13.2 Å². The van der Waals surface area contributed by atoms with Gasteiger partial charge in [-0.15, -0.1) is 10.2 Å². The van der Waals surface area contributed by atoms with Gasteiger partial charge in [0.25, 0.3) is 0 Å². The number of hydrogen-bond acceptors (Lipinski definition) is 7. The molecule has 1 aromatic heterocycles. The predicted molar refractivity (Wildman–Crippen MR) is 88.2 cm³/mol. The van der Waals surface area contributed by atoms with Gasteiger partial charge in [0, 0.05) is 22.2 Å². The number of hydrogen-bond donors (Lipinski definition) is 0. The smallest absolute Gasteiger partial charge is 0.331 e. The van der Waals surface area contributed by atoms with E-state index in [0.29, 0.717) is 13.2 Å². The largest absolute Gasteiger partial charge is 1.00 e. The van der Waals surface area contributed by atoms with Crippen LogP contribution >= 0.6 is 24.3 Å². The summed E-state index contributed by atoms with van der Waals surface area (Å²) in [6.07, 6.45) is 3.50. The minimum atomic E-state index is -4.94. The minimum Gasteiger partial charge on any atom is -0.331 e.